The molecular formula is C15H16ClNO2. The molecule has 0 radical (unpaired) electrons. The van der Waals surface area contributed by atoms with Crippen molar-refractivity contribution in [3.8, 4) is 0 Å². The van der Waals surface area contributed by atoms with E-state index in [0.29, 0.717) is 11.6 Å². The van der Waals surface area contributed by atoms with Gasteiger partial charge in [-0.1, -0.05) is 23.7 Å². The summed E-state index contributed by atoms with van der Waals surface area (Å²) in [6, 6.07) is 11.0. The van der Waals surface area contributed by atoms with E-state index in [1.807, 2.05) is 38.1 Å². The lowest BCUT2D eigenvalue weighted by molar-refractivity contribution is -0.125. The number of nitrogens with one attached hydrogen (secondary N) is 1. The van der Waals surface area contributed by atoms with Gasteiger partial charge in [-0.15, -0.1) is 0 Å². The molecule has 0 aliphatic carbocycles. The first kappa shape index (κ1) is 13.7. The van der Waals surface area contributed by atoms with E-state index >= 15 is 0 Å². The Kier molecular flexibility index (Phi) is 3.96. The number of rotatable bonds is 4. The summed E-state index contributed by atoms with van der Waals surface area (Å²) in [5, 5.41) is 3.50. The number of hydrogen-bond donors (Lipinski definition) is 1. The molecule has 0 aliphatic rings. The molecule has 1 aromatic heterocycles. The van der Waals surface area contributed by atoms with Crippen LogP contribution >= 0.6 is 11.6 Å². The van der Waals surface area contributed by atoms with Crippen LogP contribution in [0.4, 0.5) is 0 Å². The van der Waals surface area contributed by atoms with Crippen molar-refractivity contribution in [2.24, 2.45) is 0 Å². The van der Waals surface area contributed by atoms with Crippen LogP contribution < -0.4 is 5.32 Å². The largest absolute Gasteiger partial charge is 0.467 e. The van der Waals surface area contributed by atoms with Gasteiger partial charge >= 0.3 is 0 Å². The Morgan fingerprint density at radius 1 is 1.32 bits per heavy atom. The predicted molar refractivity (Wildman–Crippen MR) is 75.0 cm³/mol. The van der Waals surface area contributed by atoms with Crippen LogP contribution in [0.15, 0.2) is 47.1 Å². The second kappa shape index (κ2) is 5.49. The Hall–Kier alpha value is -1.74. The maximum atomic E-state index is 12.3. The topological polar surface area (TPSA) is 42.2 Å². The van der Waals surface area contributed by atoms with Gasteiger partial charge in [0.2, 0.25) is 5.91 Å². The molecule has 1 N–H and O–H groups in total. The minimum absolute atomic E-state index is 0.0637. The van der Waals surface area contributed by atoms with Crippen molar-refractivity contribution < 1.29 is 9.21 Å². The molecular weight excluding hydrogens is 262 g/mol. The van der Waals surface area contributed by atoms with Gasteiger partial charge in [0.25, 0.3) is 0 Å². The Labute approximate surface area is 117 Å². The van der Waals surface area contributed by atoms with E-state index in [-0.39, 0.29) is 5.91 Å². The van der Waals surface area contributed by atoms with E-state index in [9.17, 15) is 4.79 Å². The summed E-state index contributed by atoms with van der Waals surface area (Å²) in [6.07, 6.45) is 1.59. The highest BCUT2D eigenvalue weighted by atomic mass is 35.5. The van der Waals surface area contributed by atoms with Crippen molar-refractivity contribution in [1.29, 1.82) is 0 Å². The fraction of sp³-hybridized carbons (Fsp3) is 0.267. The number of furan rings is 1. The zero-order valence-electron chi connectivity index (χ0n) is 10.9. The van der Waals surface area contributed by atoms with Gasteiger partial charge in [-0.2, -0.15) is 0 Å². The first-order valence-electron chi connectivity index (χ1n) is 6.07. The van der Waals surface area contributed by atoms with Crippen LogP contribution in [0, 0.1) is 0 Å². The zero-order chi connectivity index (χ0) is 13.9. The van der Waals surface area contributed by atoms with Crippen LogP contribution in [-0.4, -0.2) is 5.91 Å². The van der Waals surface area contributed by atoms with Crippen molar-refractivity contribution in [3.63, 3.8) is 0 Å². The zero-order valence-corrected chi connectivity index (χ0v) is 11.7. The summed E-state index contributed by atoms with van der Waals surface area (Å²) in [5.41, 5.74) is 0.245. The molecule has 0 atom stereocenters. The molecule has 3 nitrogen and oxygen atoms in total. The van der Waals surface area contributed by atoms with E-state index < -0.39 is 5.41 Å². The maximum absolute atomic E-state index is 12.3. The number of hydrogen-bond acceptors (Lipinski definition) is 2. The average molecular weight is 278 g/mol. The predicted octanol–water partition coefficient (Wildman–Crippen LogP) is 3.53. The third kappa shape index (κ3) is 3.18. The summed E-state index contributed by atoms with van der Waals surface area (Å²) >= 11 is 5.97. The molecule has 1 heterocycles. The Balaban J connectivity index is 2.08. The molecule has 4 heteroatoms. The fourth-order valence-corrected chi connectivity index (χ4v) is 2.00. The highest BCUT2D eigenvalue weighted by molar-refractivity contribution is 6.30. The molecule has 100 valence electrons. The maximum Gasteiger partial charge on any atom is 0.230 e. The van der Waals surface area contributed by atoms with Gasteiger partial charge < -0.3 is 9.73 Å². The molecule has 0 spiro atoms. The Morgan fingerprint density at radius 3 is 2.74 bits per heavy atom. The molecule has 2 rings (SSSR count). The van der Waals surface area contributed by atoms with Crippen LogP contribution in [0.3, 0.4) is 0 Å². The first-order chi connectivity index (χ1) is 9.00. The van der Waals surface area contributed by atoms with Gasteiger partial charge in [-0.25, -0.2) is 0 Å². The molecule has 1 aromatic carbocycles. The van der Waals surface area contributed by atoms with Crippen molar-refractivity contribution in [2.75, 3.05) is 0 Å². The van der Waals surface area contributed by atoms with E-state index in [1.165, 1.54) is 0 Å². The van der Waals surface area contributed by atoms with Crippen LogP contribution in [0.5, 0.6) is 0 Å². The monoisotopic (exact) mass is 277 g/mol. The molecule has 0 unspecified atom stereocenters. The Morgan fingerprint density at radius 2 is 2.11 bits per heavy atom. The van der Waals surface area contributed by atoms with Gasteiger partial charge in [-0.3, -0.25) is 4.79 Å². The van der Waals surface area contributed by atoms with E-state index in [1.54, 1.807) is 18.4 Å². The summed E-state index contributed by atoms with van der Waals surface area (Å²) in [5.74, 6) is 0.668. The smallest absolute Gasteiger partial charge is 0.230 e. The fourth-order valence-electron chi connectivity index (χ4n) is 1.81. The molecule has 19 heavy (non-hydrogen) atoms. The normalized spacial score (nSPS) is 11.3. The molecule has 0 saturated carbocycles. The molecule has 0 fully saturated rings. The highest BCUT2D eigenvalue weighted by Crippen LogP contribution is 2.25. The molecule has 0 bridgehead atoms. The van der Waals surface area contributed by atoms with Crippen molar-refractivity contribution in [3.05, 3.63) is 59.0 Å². The number of amides is 1. The van der Waals surface area contributed by atoms with E-state index in [4.69, 9.17) is 16.0 Å². The minimum atomic E-state index is -0.641. The molecule has 2 aromatic rings. The van der Waals surface area contributed by atoms with Crippen molar-refractivity contribution in [2.45, 2.75) is 25.8 Å². The second-order valence-electron chi connectivity index (χ2n) is 4.90. The first-order valence-corrected chi connectivity index (χ1v) is 6.44. The number of benzene rings is 1. The lowest BCUT2D eigenvalue weighted by Crippen LogP contribution is -2.39. The van der Waals surface area contributed by atoms with Crippen molar-refractivity contribution >= 4 is 17.5 Å². The number of carbonyl (C=O) groups is 1. The van der Waals surface area contributed by atoms with Gasteiger partial charge in [0.15, 0.2) is 0 Å². The summed E-state index contributed by atoms with van der Waals surface area (Å²) in [6.45, 7) is 4.13. The van der Waals surface area contributed by atoms with Crippen LogP contribution in [-0.2, 0) is 16.8 Å². The van der Waals surface area contributed by atoms with E-state index in [2.05, 4.69) is 5.32 Å². The molecule has 0 aliphatic heterocycles. The van der Waals surface area contributed by atoms with Gasteiger partial charge in [0.1, 0.15) is 5.76 Å². The summed E-state index contributed by atoms with van der Waals surface area (Å²) in [7, 11) is 0. The summed E-state index contributed by atoms with van der Waals surface area (Å²) in [4.78, 5) is 12.3. The molecule has 1 amide bonds. The highest BCUT2D eigenvalue weighted by Gasteiger charge is 2.29. The van der Waals surface area contributed by atoms with Crippen LogP contribution in [0.25, 0.3) is 0 Å². The van der Waals surface area contributed by atoms with Crippen LogP contribution in [0.2, 0.25) is 5.02 Å². The summed E-state index contributed by atoms with van der Waals surface area (Å²) < 4.78 is 5.19. The van der Waals surface area contributed by atoms with E-state index in [0.717, 1.165) is 11.3 Å². The number of halogens is 1. The minimum Gasteiger partial charge on any atom is -0.467 e. The SMILES string of the molecule is CC(C)(C(=O)NCc1ccco1)c1cccc(Cl)c1. The molecule has 0 saturated heterocycles. The van der Waals surface area contributed by atoms with Gasteiger partial charge in [-0.05, 0) is 43.7 Å². The standard InChI is InChI=1S/C15H16ClNO2/c1-15(2,11-5-3-6-12(16)9-11)14(18)17-10-13-7-4-8-19-13/h3-9H,10H2,1-2H3,(H,17,18). The van der Waals surface area contributed by atoms with Crippen molar-refractivity contribution in [1.82, 2.24) is 5.32 Å². The van der Waals surface area contributed by atoms with Gasteiger partial charge in [0, 0.05) is 5.02 Å². The number of carbonyl (C=O) groups excluding carboxylic acids is 1. The average Bonchev–Trinajstić information content (AvgIpc) is 2.89. The third-order valence-corrected chi connectivity index (χ3v) is 3.35. The lowest BCUT2D eigenvalue weighted by atomic mass is 9.84. The van der Waals surface area contributed by atoms with Crippen LogP contribution in [0.1, 0.15) is 25.2 Å². The second-order valence-corrected chi connectivity index (χ2v) is 5.33. The Bertz CT molecular complexity index is 561. The lowest BCUT2D eigenvalue weighted by Gasteiger charge is -2.24. The third-order valence-electron chi connectivity index (χ3n) is 3.12. The quantitative estimate of drug-likeness (QED) is 0.929. The van der Waals surface area contributed by atoms with Gasteiger partial charge in [0.05, 0.1) is 18.2 Å².